The minimum Gasteiger partial charge on any atom is -0.354 e. The van der Waals surface area contributed by atoms with Gasteiger partial charge in [0.1, 0.15) is 5.15 Å². The third-order valence-corrected chi connectivity index (χ3v) is 2.57. The number of aromatic nitrogens is 3. The Kier molecular flexibility index (Phi) is 2.64. The number of nitrogens with zero attached hydrogens (tertiary/aromatic N) is 3. The molecule has 0 saturated carbocycles. The van der Waals surface area contributed by atoms with E-state index < -0.39 is 0 Å². The molecule has 2 aromatic rings. The van der Waals surface area contributed by atoms with E-state index in [2.05, 4.69) is 20.4 Å². The van der Waals surface area contributed by atoms with E-state index in [1.807, 2.05) is 0 Å². The molecule has 14 heavy (non-hydrogen) atoms. The van der Waals surface area contributed by atoms with Crippen molar-refractivity contribution in [1.82, 2.24) is 15.1 Å². The van der Waals surface area contributed by atoms with Gasteiger partial charge in [0, 0.05) is 12.3 Å². The van der Waals surface area contributed by atoms with Gasteiger partial charge in [0.25, 0.3) is 0 Å². The van der Waals surface area contributed by atoms with Crippen molar-refractivity contribution in [2.45, 2.75) is 13.5 Å². The predicted molar refractivity (Wildman–Crippen MR) is 53.5 cm³/mol. The molecule has 0 amide bonds. The summed E-state index contributed by atoms with van der Waals surface area (Å²) in [6.45, 7) is 2.23. The van der Waals surface area contributed by atoms with Gasteiger partial charge in [-0.25, -0.2) is 4.98 Å². The summed E-state index contributed by atoms with van der Waals surface area (Å²) in [6.07, 6.45) is 0. The van der Waals surface area contributed by atoms with Gasteiger partial charge in [-0.2, -0.15) is 4.98 Å². The Bertz CT molecular complexity index is 387. The molecule has 0 aliphatic heterocycles. The normalized spacial score (nSPS) is 10.4. The minimum atomic E-state index is 0.487. The van der Waals surface area contributed by atoms with E-state index in [4.69, 9.17) is 16.1 Å². The van der Waals surface area contributed by atoms with E-state index in [9.17, 15) is 0 Å². The molecule has 0 aromatic carbocycles. The Hall–Kier alpha value is -1.14. The maximum Gasteiger partial charge on any atom is 0.223 e. The highest BCUT2D eigenvalue weighted by atomic mass is 35.5. The standard InChI is InChI=1S/C7H7ClN4OS/c1-4-10-6(12-13-4)2-9-7-11-5(8)3-14-7/h3H,2H2,1H3,(H,9,11). The van der Waals surface area contributed by atoms with Gasteiger partial charge < -0.3 is 9.84 Å². The van der Waals surface area contributed by atoms with Gasteiger partial charge in [-0.15, -0.1) is 11.3 Å². The third-order valence-electron chi connectivity index (χ3n) is 1.44. The minimum absolute atomic E-state index is 0.487. The second-order valence-corrected chi connectivity index (χ2v) is 3.80. The van der Waals surface area contributed by atoms with Gasteiger partial charge in [-0.05, 0) is 0 Å². The monoisotopic (exact) mass is 230 g/mol. The number of hydrogen-bond acceptors (Lipinski definition) is 6. The SMILES string of the molecule is Cc1nc(CNc2nc(Cl)cs2)no1. The van der Waals surface area contributed by atoms with Crippen molar-refractivity contribution < 1.29 is 4.52 Å². The van der Waals surface area contributed by atoms with Crippen LogP contribution in [0.25, 0.3) is 0 Å². The fourth-order valence-electron chi connectivity index (χ4n) is 0.903. The number of nitrogens with one attached hydrogen (secondary N) is 1. The first kappa shape index (κ1) is 9.42. The number of anilines is 1. The quantitative estimate of drug-likeness (QED) is 0.875. The van der Waals surface area contributed by atoms with Crippen molar-refractivity contribution in [3.05, 3.63) is 22.2 Å². The van der Waals surface area contributed by atoms with Gasteiger partial charge in [-0.1, -0.05) is 16.8 Å². The predicted octanol–water partition coefficient (Wildman–Crippen LogP) is 2.10. The lowest BCUT2D eigenvalue weighted by molar-refractivity contribution is 0.388. The van der Waals surface area contributed by atoms with Crippen molar-refractivity contribution >= 4 is 28.1 Å². The smallest absolute Gasteiger partial charge is 0.223 e. The van der Waals surface area contributed by atoms with Crippen LogP contribution in [0.2, 0.25) is 5.15 Å². The Morgan fingerprint density at radius 3 is 3.00 bits per heavy atom. The first-order valence-corrected chi connectivity index (χ1v) is 5.14. The van der Waals surface area contributed by atoms with E-state index in [1.165, 1.54) is 11.3 Å². The Morgan fingerprint density at radius 2 is 2.43 bits per heavy atom. The van der Waals surface area contributed by atoms with Crippen LogP contribution in [0.4, 0.5) is 5.13 Å². The molecule has 0 aliphatic carbocycles. The van der Waals surface area contributed by atoms with E-state index in [1.54, 1.807) is 12.3 Å². The highest BCUT2D eigenvalue weighted by molar-refractivity contribution is 7.14. The van der Waals surface area contributed by atoms with Crippen LogP contribution < -0.4 is 5.32 Å². The third kappa shape index (κ3) is 2.21. The van der Waals surface area contributed by atoms with Crippen LogP contribution in [0.5, 0.6) is 0 Å². The average molecular weight is 231 g/mol. The summed E-state index contributed by atoms with van der Waals surface area (Å²) in [7, 11) is 0. The first-order chi connectivity index (χ1) is 6.74. The zero-order valence-corrected chi connectivity index (χ0v) is 8.89. The molecule has 7 heteroatoms. The molecule has 2 heterocycles. The summed E-state index contributed by atoms with van der Waals surface area (Å²) in [5.74, 6) is 1.16. The number of thiazole rings is 1. The van der Waals surface area contributed by atoms with Crippen LogP contribution in [0.3, 0.4) is 0 Å². The maximum absolute atomic E-state index is 5.66. The van der Waals surface area contributed by atoms with Crippen LogP contribution in [0.15, 0.2) is 9.90 Å². The summed E-state index contributed by atoms with van der Waals surface area (Å²) < 4.78 is 4.81. The number of hydrogen-bond donors (Lipinski definition) is 1. The van der Waals surface area contributed by atoms with E-state index in [0.717, 1.165) is 5.13 Å². The van der Waals surface area contributed by atoms with Crippen molar-refractivity contribution in [3.63, 3.8) is 0 Å². The molecule has 0 unspecified atom stereocenters. The molecule has 5 nitrogen and oxygen atoms in total. The van der Waals surface area contributed by atoms with Gasteiger partial charge in [0.05, 0.1) is 6.54 Å². The highest BCUT2D eigenvalue weighted by Gasteiger charge is 2.03. The average Bonchev–Trinajstić information content (AvgIpc) is 2.72. The molecule has 0 aliphatic rings. The largest absolute Gasteiger partial charge is 0.354 e. The molecule has 0 bridgehead atoms. The van der Waals surface area contributed by atoms with Crippen molar-refractivity contribution in [1.29, 1.82) is 0 Å². The first-order valence-electron chi connectivity index (χ1n) is 3.88. The van der Waals surface area contributed by atoms with Crippen molar-refractivity contribution in [2.75, 3.05) is 5.32 Å². The van der Waals surface area contributed by atoms with Crippen LogP contribution in [-0.4, -0.2) is 15.1 Å². The lowest BCUT2D eigenvalue weighted by Crippen LogP contribution is -2.00. The fraction of sp³-hybridized carbons (Fsp3) is 0.286. The second-order valence-electron chi connectivity index (χ2n) is 2.56. The molecule has 74 valence electrons. The van der Waals surface area contributed by atoms with E-state index in [-0.39, 0.29) is 0 Å². The molecule has 0 saturated heterocycles. The zero-order valence-electron chi connectivity index (χ0n) is 7.32. The number of aryl methyl sites for hydroxylation is 1. The van der Waals surface area contributed by atoms with Gasteiger partial charge in [0.2, 0.25) is 5.89 Å². The van der Waals surface area contributed by atoms with Crippen LogP contribution >= 0.6 is 22.9 Å². The van der Waals surface area contributed by atoms with Crippen molar-refractivity contribution in [2.24, 2.45) is 0 Å². The van der Waals surface area contributed by atoms with Crippen molar-refractivity contribution in [3.8, 4) is 0 Å². The summed E-state index contributed by atoms with van der Waals surface area (Å²) in [5, 5.41) is 9.76. The van der Waals surface area contributed by atoms with Crippen LogP contribution in [0, 0.1) is 6.92 Å². The fourth-order valence-corrected chi connectivity index (χ4v) is 1.74. The van der Waals surface area contributed by atoms with E-state index in [0.29, 0.717) is 23.4 Å². The molecular formula is C7H7ClN4OS. The molecule has 0 atom stereocenters. The highest BCUT2D eigenvalue weighted by Crippen LogP contribution is 2.18. The summed E-state index contributed by atoms with van der Waals surface area (Å²) >= 11 is 7.09. The lowest BCUT2D eigenvalue weighted by Gasteiger charge is -1.95. The molecule has 2 rings (SSSR count). The molecule has 0 radical (unpaired) electrons. The van der Waals surface area contributed by atoms with Crippen LogP contribution in [0.1, 0.15) is 11.7 Å². The topological polar surface area (TPSA) is 63.8 Å². The Morgan fingerprint density at radius 1 is 1.57 bits per heavy atom. The van der Waals surface area contributed by atoms with Gasteiger partial charge >= 0.3 is 0 Å². The summed E-state index contributed by atoms with van der Waals surface area (Å²) in [6, 6.07) is 0. The maximum atomic E-state index is 5.66. The molecule has 0 spiro atoms. The summed E-state index contributed by atoms with van der Waals surface area (Å²) in [5.41, 5.74) is 0. The lowest BCUT2D eigenvalue weighted by atomic mass is 10.6. The molecule has 0 fully saturated rings. The number of rotatable bonds is 3. The molecular weight excluding hydrogens is 224 g/mol. The molecule has 1 N–H and O–H groups in total. The Balaban J connectivity index is 1.94. The van der Waals surface area contributed by atoms with Gasteiger partial charge in [-0.3, -0.25) is 0 Å². The van der Waals surface area contributed by atoms with Crippen LogP contribution in [-0.2, 0) is 6.54 Å². The van der Waals surface area contributed by atoms with Gasteiger partial charge in [0.15, 0.2) is 11.0 Å². The zero-order chi connectivity index (χ0) is 9.97. The molecule has 2 aromatic heterocycles. The van der Waals surface area contributed by atoms with E-state index >= 15 is 0 Å². The second kappa shape index (κ2) is 3.93. The number of halogens is 1. The summed E-state index contributed by atoms with van der Waals surface area (Å²) in [4.78, 5) is 8.06. The Labute approximate surface area is 89.1 Å².